The van der Waals surface area contributed by atoms with Gasteiger partial charge in [0.2, 0.25) is 0 Å². The first-order valence-electron chi connectivity index (χ1n) is 6.47. The fourth-order valence-corrected chi connectivity index (χ4v) is 3.03. The number of nitrogens with one attached hydrogen (secondary N) is 1. The van der Waals surface area contributed by atoms with E-state index in [0.717, 1.165) is 34.4 Å². The molecule has 0 heterocycles. The van der Waals surface area contributed by atoms with E-state index in [1.54, 1.807) is 14.2 Å². The van der Waals surface area contributed by atoms with Crippen molar-refractivity contribution < 1.29 is 9.47 Å². The highest BCUT2D eigenvalue weighted by molar-refractivity contribution is 9.10. The molecule has 1 rings (SSSR count). The summed E-state index contributed by atoms with van der Waals surface area (Å²) in [7, 11) is 3.29. The number of benzene rings is 1. The normalized spacial score (nSPS) is 14.0. The first-order chi connectivity index (χ1) is 9.10. The molecule has 0 aliphatic carbocycles. The first-order valence-corrected chi connectivity index (χ1v) is 7.26. The SMILES string of the molecule is CCCC(C)C(NN)c1ccc(OC)c(Br)c1OC. The zero-order valence-corrected chi connectivity index (χ0v) is 13.6. The summed E-state index contributed by atoms with van der Waals surface area (Å²) in [6.45, 7) is 4.36. The highest BCUT2D eigenvalue weighted by Gasteiger charge is 2.23. The Kier molecular flexibility index (Phi) is 6.62. The van der Waals surface area contributed by atoms with Crippen LogP contribution in [0.4, 0.5) is 0 Å². The predicted molar refractivity (Wildman–Crippen MR) is 81.4 cm³/mol. The van der Waals surface area contributed by atoms with Crippen molar-refractivity contribution in [1.29, 1.82) is 0 Å². The van der Waals surface area contributed by atoms with E-state index in [1.807, 2.05) is 12.1 Å². The van der Waals surface area contributed by atoms with E-state index in [1.165, 1.54) is 0 Å². The number of nitrogens with two attached hydrogens (primary N) is 1. The zero-order chi connectivity index (χ0) is 14.4. The molecule has 3 N–H and O–H groups in total. The number of hydrogen-bond donors (Lipinski definition) is 2. The topological polar surface area (TPSA) is 56.5 Å². The second-order valence-corrected chi connectivity index (χ2v) is 5.41. The second-order valence-electron chi connectivity index (χ2n) is 4.61. The lowest BCUT2D eigenvalue weighted by Crippen LogP contribution is -2.32. The Morgan fingerprint density at radius 1 is 1.32 bits per heavy atom. The van der Waals surface area contributed by atoms with Crippen molar-refractivity contribution >= 4 is 15.9 Å². The van der Waals surface area contributed by atoms with Crippen LogP contribution >= 0.6 is 15.9 Å². The van der Waals surface area contributed by atoms with Crippen molar-refractivity contribution in [2.45, 2.75) is 32.7 Å². The molecule has 1 aromatic carbocycles. The fraction of sp³-hybridized carbons (Fsp3) is 0.571. The average Bonchev–Trinajstić information content (AvgIpc) is 2.40. The molecule has 0 fully saturated rings. The van der Waals surface area contributed by atoms with E-state index in [0.29, 0.717) is 5.92 Å². The Labute approximate surface area is 123 Å². The molecule has 0 bridgehead atoms. The molecule has 1 aromatic rings. The van der Waals surface area contributed by atoms with Crippen molar-refractivity contribution in [3.8, 4) is 11.5 Å². The van der Waals surface area contributed by atoms with E-state index < -0.39 is 0 Å². The third-order valence-corrected chi connectivity index (χ3v) is 4.09. The molecule has 19 heavy (non-hydrogen) atoms. The number of rotatable bonds is 7. The summed E-state index contributed by atoms with van der Waals surface area (Å²) in [5, 5.41) is 0. The molecule has 0 amide bonds. The van der Waals surface area contributed by atoms with Gasteiger partial charge in [0.1, 0.15) is 16.0 Å². The first kappa shape index (κ1) is 16.3. The Morgan fingerprint density at radius 2 is 2.00 bits per heavy atom. The van der Waals surface area contributed by atoms with E-state index in [4.69, 9.17) is 15.3 Å². The summed E-state index contributed by atoms with van der Waals surface area (Å²) >= 11 is 3.52. The molecule has 0 radical (unpaired) electrons. The van der Waals surface area contributed by atoms with Crippen LogP contribution in [0, 0.1) is 5.92 Å². The predicted octanol–water partition coefficient (Wildman–Crippen LogP) is 3.41. The minimum atomic E-state index is 0.0529. The van der Waals surface area contributed by atoms with Crippen LogP contribution in [0.2, 0.25) is 0 Å². The van der Waals surface area contributed by atoms with Gasteiger partial charge in [0.05, 0.1) is 20.3 Å². The maximum absolute atomic E-state index is 5.73. The third-order valence-electron chi connectivity index (χ3n) is 3.34. The van der Waals surface area contributed by atoms with Gasteiger partial charge in [-0.2, -0.15) is 0 Å². The van der Waals surface area contributed by atoms with E-state index >= 15 is 0 Å². The molecule has 0 aromatic heterocycles. The summed E-state index contributed by atoms with van der Waals surface area (Å²) in [5.74, 6) is 7.67. The monoisotopic (exact) mass is 330 g/mol. The number of methoxy groups -OCH3 is 2. The van der Waals surface area contributed by atoms with Crippen LogP contribution in [-0.4, -0.2) is 14.2 Å². The van der Waals surface area contributed by atoms with Gasteiger partial charge in [-0.25, -0.2) is 0 Å². The second kappa shape index (κ2) is 7.72. The molecule has 0 aliphatic heterocycles. The van der Waals surface area contributed by atoms with Gasteiger partial charge in [-0.05, 0) is 40.4 Å². The van der Waals surface area contributed by atoms with Gasteiger partial charge in [0, 0.05) is 5.56 Å². The van der Waals surface area contributed by atoms with Gasteiger partial charge in [-0.3, -0.25) is 11.3 Å². The van der Waals surface area contributed by atoms with Crippen LogP contribution in [0.5, 0.6) is 11.5 Å². The highest BCUT2D eigenvalue weighted by Crippen LogP contribution is 2.41. The van der Waals surface area contributed by atoms with E-state index in [-0.39, 0.29) is 6.04 Å². The maximum atomic E-state index is 5.73. The molecule has 5 heteroatoms. The van der Waals surface area contributed by atoms with Crippen LogP contribution in [0.15, 0.2) is 16.6 Å². The molecule has 108 valence electrons. The third kappa shape index (κ3) is 3.61. The minimum Gasteiger partial charge on any atom is -0.495 e. The van der Waals surface area contributed by atoms with Crippen LogP contribution in [0.25, 0.3) is 0 Å². The molecule has 0 saturated carbocycles. The molecular formula is C14H23BrN2O2. The maximum Gasteiger partial charge on any atom is 0.141 e. The van der Waals surface area contributed by atoms with Gasteiger partial charge in [0.25, 0.3) is 0 Å². The molecule has 4 nitrogen and oxygen atoms in total. The summed E-state index contributed by atoms with van der Waals surface area (Å²) in [5.41, 5.74) is 3.94. The zero-order valence-electron chi connectivity index (χ0n) is 12.0. The van der Waals surface area contributed by atoms with Gasteiger partial charge >= 0.3 is 0 Å². The molecular weight excluding hydrogens is 308 g/mol. The molecule has 0 saturated heterocycles. The summed E-state index contributed by atoms with van der Waals surface area (Å²) < 4.78 is 11.6. The molecule has 0 spiro atoms. The smallest absolute Gasteiger partial charge is 0.141 e. The van der Waals surface area contributed by atoms with Crippen molar-refractivity contribution in [3.05, 3.63) is 22.2 Å². The van der Waals surface area contributed by atoms with Crippen molar-refractivity contribution in [1.82, 2.24) is 5.43 Å². The number of halogens is 1. The summed E-state index contributed by atoms with van der Waals surface area (Å²) in [4.78, 5) is 0. The van der Waals surface area contributed by atoms with Crippen LogP contribution in [-0.2, 0) is 0 Å². The fourth-order valence-electron chi connectivity index (χ4n) is 2.35. The lowest BCUT2D eigenvalue weighted by molar-refractivity contribution is 0.340. The number of hydrazine groups is 1. The van der Waals surface area contributed by atoms with Crippen LogP contribution in [0.1, 0.15) is 38.3 Å². The Bertz CT molecular complexity index is 413. The summed E-state index contributed by atoms with van der Waals surface area (Å²) in [6, 6.07) is 3.97. The Hall–Kier alpha value is -0.780. The largest absolute Gasteiger partial charge is 0.495 e. The van der Waals surface area contributed by atoms with Gasteiger partial charge in [-0.15, -0.1) is 0 Å². The van der Waals surface area contributed by atoms with Gasteiger partial charge < -0.3 is 9.47 Å². The van der Waals surface area contributed by atoms with E-state index in [2.05, 4.69) is 35.2 Å². The lowest BCUT2D eigenvalue weighted by Gasteiger charge is -2.26. The van der Waals surface area contributed by atoms with Gasteiger partial charge in [0.15, 0.2) is 0 Å². The van der Waals surface area contributed by atoms with Crippen LogP contribution < -0.4 is 20.7 Å². The molecule has 2 atom stereocenters. The Morgan fingerprint density at radius 3 is 2.47 bits per heavy atom. The molecule has 2 unspecified atom stereocenters. The van der Waals surface area contributed by atoms with Crippen molar-refractivity contribution in [3.63, 3.8) is 0 Å². The lowest BCUT2D eigenvalue weighted by atomic mass is 9.91. The average molecular weight is 331 g/mol. The number of ether oxygens (including phenoxy) is 2. The standard InChI is InChI=1S/C14H23BrN2O2/c1-5-6-9(2)13(17-16)10-7-8-11(18-3)12(15)14(10)19-4/h7-9,13,17H,5-6,16H2,1-4H3. The number of hydrogen-bond acceptors (Lipinski definition) is 4. The van der Waals surface area contributed by atoms with E-state index in [9.17, 15) is 0 Å². The van der Waals surface area contributed by atoms with Gasteiger partial charge in [-0.1, -0.05) is 20.3 Å². The van der Waals surface area contributed by atoms with Crippen molar-refractivity contribution in [2.24, 2.45) is 11.8 Å². The minimum absolute atomic E-state index is 0.0529. The quantitative estimate of drug-likeness (QED) is 0.594. The van der Waals surface area contributed by atoms with Crippen LogP contribution in [0.3, 0.4) is 0 Å². The highest BCUT2D eigenvalue weighted by atomic mass is 79.9. The van der Waals surface area contributed by atoms with Crippen molar-refractivity contribution in [2.75, 3.05) is 14.2 Å². The molecule has 0 aliphatic rings. The Balaban J connectivity index is 3.20. The summed E-state index contributed by atoms with van der Waals surface area (Å²) in [6.07, 6.45) is 2.22.